The first kappa shape index (κ1) is 13.1. The molecule has 0 heterocycles. The second-order valence-corrected chi connectivity index (χ2v) is 4.36. The topological polar surface area (TPSA) is 20.2 Å². The lowest BCUT2D eigenvalue weighted by Crippen LogP contribution is -2.14. The standard InChI is InChI=1S/C13H18F2O/c1-3-9(2)6-11(16)7-10-4-5-12(14)13(15)8-10/h4-5,8-9,11,16H,3,6-7H2,1-2H3. The first-order chi connectivity index (χ1) is 7.52. The van der Waals surface area contributed by atoms with Crippen molar-refractivity contribution in [2.75, 3.05) is 0 Å². The zero-order valence-corrected chi connectivity index (χ0v) is 9.71. The van der Waals surface area contributed by atoms with Crippen molar-refractivity contribution in [2.45, 2.75) is 39.2 Å². The molecule has 0 saturated heterocycles. The molecule has 0 spiro atoms. The van der Waals surface area contributed by atoms with Crippen molar-refractivity contribution in [3.05, 3.63) is 35.4 Å². The maximum atomic E-state index is 12.9. The van der Waals surface area contributed by atoms with Crippen LogP contribution in [0.5, 0.6) is 0 Å². The van der Waals surface area contributed by atoms with Crippen LogP contribution < -0.4 is 0 Å². The molecular formula is C13H18F2O. The second kappa shape index (κ2) is 5.94. The molecule has 0 saturated carbocycles. The van der Waals surface area contributed by atoms with Crippen molar-refractivity contribution in [3.8, 4) is 0 Å². The van der Waals surface area contributed by atoms with Gasteiger partial charge in [0.05, 0.1) is 6.10 Å². The van der Waals surface area contributed by atoms with Gasteiger partial charge < -0.3 is 5.11 Å². The van der Waals surface area contributed by atoms with E-state index in [0.717, 1.165) is 18.6 Å². The Bertz CT molecular complexity index is 339. The Morgan fingerprint density at radius 3 is 2.50 bits per heavy atom. The predicted octanol–water partition coefficient (Wildman–Crippen LogP) is 3.30. The summed E-state index contributed by atoms with van der Waals surface area (Å²) in [7, 11) is 0. The number of rotatable bonds is 5. The summed E-state index contributed by atoms with van der Waals surface area (Å²) in [4.78, 5) is 0. The number of hydrogen-bond acceptors (Lipinski definition) is 1. The Kier molecular flexibility index (Phi) is 4.87. The molecule has 3 heteroatoms. The van der Waals surface area contributed by atoms with E-state index < -0.39 is 17.7 Å². The molecule has 2 atom stereocenters. The van der Waals surface area contributed by atoms with Crippen molar-refractivity contribution in [2.24, 2.45) is 5.92 Å². The molecule has 0 amide bonds. The molecule has 1 nitrogen and oxygen atoms in total. The van der Waals surface area contributed by atoms with Crippen LogP contribution in [0.1, 0.15) is 32.3 Å². The molecule has 90 valence electrons. The van der Waals surface area contributed by atoms with Crippen LogP contribution in [-0.2, 0) is 6.42 Å². The van der Waals surface area contributed by atoms with E-state index in [9.17, 15) is 13.9 Å². The lowest BCUT2D eigenvalue weighted by atomic mass is 9.97. The predicted molar refractivity (Wildman–Crippen MR) is 60.1 cm³/mol. The Morgan fingerprint density at radius 2 is 1.94 bits per heavy atom. The number of halogens is 2. The molecule has 0 aliphatic heterocycles. The molecule has 2 unspecified atom stereocenters. The fraction of sp³-hybridized carbons (Fsp3) is 0.538. The van der Waals surface area contributed by atoms with Gasteiger partial charge in [-0.15, -0.1) is 0 Å². The number of aliphatic hydroxyl groups excluding tert-OH is 1. The van der Waals surface area contributed by atoms with Crippen molar-refractivity contribution in [3.63, 3.8) is 0 Å². The third-order valence-electron chi connectivity index (χ3n) is 2.83. The van der Waals surface area contributed by atoms with E-state index in [2.05, 4.69) is 13.8 Å². The van der Waals surface area contributed by atoms with Crippen molar-refractivity contribution in [1.82, 2.24) is 0 Å². The van der Waals surface area contributed by atoms with Gasteiger partial charge in [-0.05, 0) is 36.5 Å². The quantitative estimate of drug-likeness (QED) is 0.819. The van der Waals surface area contributed by atoms with Crippen LogP contribution in [0.2, 0.25) is 0 Å². The van der Waals surface area contributed by atoms with Gasteiger partial charge in [-0.2, -0.15) is 0 Å². The minimum Gasteiger partial charge on any atom is -0.393 e. The van der Waals surface area contributed by atoms with E-state index >= 15 is 0 Å². The minimum atomic E-state index is -0.853. The van der Waals surface area contributed by atoms with E-state index in [-0.39, 0.29) is 0 Å². The molecule has 0 aliphatic carbocycles. The maximum absolute atomic E-state index is 12.9. The summed E-state index contributed by atoms with van der Waals surface area (Å²) in [6, 6.07) is 3.76. The molecule has 0 aromatic heterocycles. The van der Waals surface area contributed by atoms with Crippen molar-refractivity contribution >= 4 is 0 Å². The molecule has 1 N–H and O–H groups in total. The molecular weight excluding hydrogens is 210 g/mol. The Labute approximate surface area is 95.1 Å². The highest BCUT2D eigenvalue weighted by molar-refractivity contribution is 5.18. The summed E-state index contributed by atoms with van der Waals surface area (Å²) in [5.41, 5.74) is 0.634. The smallest absolute Gasteiger partial charge is 0.159 e. The van der Waals surface area contributed by atoms with Gasteiger partial charge in [-0.25, -0.2) is 8.78 Å². The lowest BCUT2D eigenvalue weighted by molar-refractivity contribution is 0.144. The summed E-state index contributed by atoms with van der Waals surface area (Å²) >= 11 is 0. The van der Waals surface area contributed by atoms with Gasteiger partial charge in [-0.1, -0.05) is 26.3 Å². The highest BCUT2D eigenvalue weighted by Crippen LogP contribution is 2.15. The molecule has 1 rings (SSSR count). The van der Waals surface area contributed by atoms with Gasteiger partial charge in [0.25, 0.3) is 0 Å². The zero-order chi connectivity index (χ0) is 12.1. The molecule has 0 bridgehead atoms. The fourth-order valence-electron chi connectivity index (χ4n) is 1.65. The van der Waals surface area contributed by atoms with Crippen LogP contribution in [0, 0.1) is 17.6 Å². The molecule has 1 aromatic rings. The Hall–Kier alpha value is -0.960. The maximum Gasteiger partial charge on any atom is 0.159 e. The summed E-state index contributed by atoms with van der Waals surface area (Å²) in [6.07, 6.45) is 1.59. The summed E-state index contributed by atoms with van der Waals surface area (Å²) < 4.78 is 25.6. The average molecular weight is 228 g/mol. The van der Waals surface area contributed by atoms with E-state index in [1.807, 2.05) is 0 Å². The third kappa shape index (κ3) is 3.89. The largest absolute Gasteiger partial charge is 0.393 e. The van der Waals surface area contributed by atoms with Gasteiger partial charge in [0.2, 0.25) is 0 Å². The lowest BCUT2D eigenvalue weighted by Gasteiger charge is -2.14. The van der Waals surface area contributed by atoms with Crippen molar-refractivity contribution in [1.29, 1.82) is 0 Å². The van der Waals surface area contributed by atoms with Crippen LogP contribution in [0.15, 0.2) is 18.2 Å². The Morgan fingerprint density at radius 1 is 1.25 bits per heavy atom. The van der Waals surface area contributed by atoms with Crippen LogP contribution in [0.4, 0.5) is 8.78 Å². The fourth-order valence-corrected chi connectivity index (χ4v) is 1.65. The van der Waals surface area contributed by atoms with Gasteiger partial charge >= 0.3 is 0 Å². The molecule has 16 heavy (non-hydrogen) atoms. The van der Waals surface area contributed by atoms with Gasteiger partial charge in [0, 0.05) is 0 Å². The molecule has 1 aromatic carbocycles. The SMILES string of the molecule is CCC(C)CC(O)Cc1ccc(F)c(F)c1. The number of aliphatic hydroxyl groups is 1. The van der Waals surface area contributed by atoms with E-state index in [1.165, 1.54) is 6.07 Å². The van der Waals surface area contributed by atoms with Crippen LogP contribution in [-0.4, -0.2) is 11.2 Å². The summed E-state index contributed by atoms with van der Waals surface area (Å²) in [6.45, 7) is 4.13. The Balaban J connectivity index is 2.56. The van der Waals surface area contributed by atoms with E-state index in [4.69, 9.17) is 0 Å². The molecule has 0 fully saturated rings. The highest BCUT2D eigenvalue weighted by atomic mass is 19.2. The van der Waals surface area contributed by atoms with E-state index in [0.29, 0.717) is 24.3 Å². The van der Waals surface area contributed by atoms with Gasteiger partial charge in [0.15, 0.2) is 11.6 Å². The number of hydrogen-bond donors (Lipinski definition) is 1. The van der Waals surface area contributed by atoms with Gasteiger partial charge in [-0.3, -0.25) is 0 Å². The second-order valence-electron chi connectivity index (χ2n) is 4.36. The normalized spacial score (nSPS) is 14.8. The van der Waals surface area contributed by atoms with Crippen LogP contribution >= 0.6 is 0 Å². The van der Waals surface area contributed by atoms with Crippen molar-refractivity contribution < 1.29 is 13.9 Å². The monoisotopic (exact) mass is 228 g/mol. The minimum absolute atomic E-state index is 0.377. The molecule has 0 radical (unpaired) electrons. The van der Waals surface area contributed by atoms with Crippen LogP contribution in [0.3, 0.4) is 0 Å². The summed E-state index contributed by atoms with van der Waals surface area (Å²) in [5.74, 6) is -1.26. The highest BCUT2D eigenvalue weighted by Gasteiger charge is 2.11. The third-order valence-corrected chi connectivity index (χ3v) is 2.83. The first-order valence-electron chi connectivity index (χ1n) is 5.65. The van der Waals surface area contributed by atoms with Crippen LogP contribution in [0.25, 0.3) is 0 Å². The van der Waals surface area contributed by atoms with Gasteiger partial charge in [0.1, 0.15) is 0 Å². The average Bonchev–Trinajstić information content (AvgIpc) is 2.23. The summed E-state index contributed by atoms with van der Waals surface area (Å²) in [5, 5.41) is 9.75. The van der Waals surface area contributed by atoms with E-state index in [1.54, 1.807) is 0 Å². The molecule has 0 aliphatic rings. The first-order valence-corrected chi connectivity index (χ1v) is 5.65. The zero-order valence-electron chi connectivity index (χ0n) is 9.71. The number of benzene rings is 1.